The summed E-state index contributed by atoms with van der Waals surface area (Å²) in [7, 11) is -3.57. The lowest BCUT2D eigenvalue weighted by molar-refractivity contribution is -0.145. The molecular weight excluding hydrogens is 382 g/mol. The van der Waals surface area contributed by atoms with Crippen molar-refractivity contribution in [2.24, 2.45) is 0 Å². The minimum Gasteiger partial charge on any atom is -0.466 e. The molecule has 2 rings (SSSR count). The molecule has 2 aromatic rings. The lowest BCUT2D eigenvalue weighted by atomic mass is 10.3. The lowest BCUT2D eigenvalue weighted by Crippen LogP contribution is -2.12. The third-order valence-corrected chi connectivity index (χ3v) is 6.76. The maximum absolute atomic E-state index is 12.1. The SMILES string of the molecule is CCOC(=O)CC(=O)CSc1ccc(NS(=O)(=O)c2cccs2)cc1. The van der Waals surface area contributed by atoms with Crippen molar-refractivity contribution in [1.29, 1.82) is 0 Å². The van der Waals surface area contributed by atoms with Crippen LogP contribution < -0.4 is 4.72 Å². The van der Waals surface area contributed by atoms with Gasteiger partial charge in [0.1, 0.15) is 10.6 Å². The van der Waals surface area contributed by atoms with Crippen LogP contribution in [0.15, 0.2) is 50.9 Å². The molecule has 0 aliphatic heterocycles. The first-order valence-electron chi connectivity index (χ1n) is 7.37. The second-order valence-electron chi connectivity index (χ2n) is 4.87. The summed E-state index contributed by atoms with van der Waals surface area (Å²) >= 11 is 2.42. The van der Waals surface area contributed by atoms with Gasteiger partial charge in [-0.2, -0.15) is 0 Å². The number of sulfonamides is 1. The minimum atomic E-state index is -3.57. The molecule has 1 aromatic carbocycles. The molecule has 0 unspecified atom stereocenters. The standard InChI is InChI=1S/C16H17NO5S3/c1-2-22-15(19)10-13(18)11-24-14-7-5-12(6-8-14)17-25(20,21)16-4-3-9-23-16/h3-9,17H,2,10-11H2,1H3. The zero-order valence-electron chi connectivity index (χ0n) is 13.4. The van der Waals surface area contributed by atoms with E-state index in [4.69, 9.17) is 4.74 Å². The molecular formula is C16H17NO5S3. The van der Waals surface area contributed by atoms with Gasteiger partial charge in [0, 0.05) is 10.6 Å². The summed E-state index contributed by atoms with van der Waals surface area (Å²) in [6, 6.07) is 9.90. The van der Waals surface area contributed by atoms with Crippen molar-refractivity contribution in [2.45, 2.75) is 22.4 Å². The lowest BCUT2D eigenvalue weighted by Gasteiger charge is -2.07. The Morgan fingerprint density at radius 1 is 1.20 bits per heavy atom. The Morgan fingerprint density at radius 2 is 1.92 bits per heavy atom. The summed E-state index contributed by atoms with van der Waals surface area (Å²) < 4.78 is 31.7. The van der Waals surface area contributed by atoms with Gasteiger partial charge in [-0.15, -0.1) is 23.1 Å². The molecule has 0 atom stereocenters. The summed E-state index contributed by atoms with van der Waals surface area (Å²) in [5.74, 6) is -0.587. The average molecular weight is 400 g/mol. The zero-order valence-corrected chi connectivity index (χ0v) is 15.9. The fourth-order valence-corrected chi connectivity index (χ4v) is 4.64. The van der Waals surface area contributed by atoms with Gasteiger partial charge >= 0.3 is 5.97 Å². The number of nitrogens with one attached hydrogen (secondary N) is 1. The summed E-state index contributed by atoms with van der Waals surface area (Å²) in [4.78, 5) is 23.7. The van der Waals surface area contributed by atoms with E-state index >= 15 is 0 Å². The van der Waals surface area contributed by atoms with Crippen LogP contribution in [0.5, 0.6) is 0 Å². The van der Waals surface area contributed by atoms with E-state index < -0.39 is 16.0 Å². The van der Waals surface area contributed by atoms with E-state index in [1.54, 1.807) is 42.6 Å². The van der Waals surface area contributed by atoms with Crippen LogP contribution in [-0.4, -0.2) is 32.5 Å². The fraction of sp³-hybridized carbons (Fsp3) is 0.250. The van der Waals surface area contributed by atoms with Crippen LogP contribution in [0.3, 0.4) is 0 Å². The van der Waals surface area contributed by atoms with Gasteiger partial charge in [-0.1, -0.05) is 6.07 Å². The number of esters is 1. The topological polar surface area (TPSA) is 89.5 Å². The van der Waals surface area contributed by atoms with E-state index in [9.17, 15) is 18.0 Å². The second-order valence-corrected chi connectivity index (χ2v) is 8.78. The number of Topliss-reactive ketones (excluding diaryl/α,β-unsaturated/α-hetero) is 1. The van der Waals surface area contributed by atoms with Crippen molar-refractivity contribution in [2.75, 3.05) is 17.1 Å². The van der Waals surface area contributed by atoms with E-state index in [0.29, 0.717) is 5.69 Å². The molecule has 0 saturated heterocycles. The summed E-state index contributed by atoms with van der Waals surface area (Å²) in [5.41, 5.74) is 0.440. The fourth-order valence-electron chi connectivity index (χ4n) is 1.83. The number of ketones is 1. The van der Waals surface area contributed by atoms with Crippen molar-refractivity contribution >= 4 is 50.6 Å². The normalized spacial score (nSPS) is 11.1. The first-order valence-corrected chi connectivity index (χ1v) is 10.7. The van der Waals surface area contributed by atoms with E-state index in [1.807, 2.05) is 0 Å². The highest BCUT2D eigenvalue weighted by Crippen LogP contribution is 2.23. The number of hydrogen-bond donors (Lipinski definition) is 1. The largest absolute Gasteiger partial charge is 0.466 e. The van der Waals surface area contributed by atoms with Crippen LogP contribution in [0.25, 0.3) is 0 Å². The smallest absolute Gasteiger partial charge is 0.313 e. The van der Waals surface area contributed by atoms with E-state index in [1.165, 1.54) is 17.8 Å². The number of thioether (sulfide) groups is 1. The Morgan fingerprint density at radius 3 is 2.52 bits per heavy atom. The highest BCUT2D eigenvalue weighted by atomic mass is 32.2. The molecule has 0 spiro atoms. The van der Waals surface area contributed by atoms with Crippen LogP contribution in [0.1, 0.15) is 13.3 Å². The molecule has 1 N–H and O–H groups in total. The van der Waals surface area contributed by atoms with Crippen molar-refractivity contribution in [3.63, 3.8) is 0 Å². The average Bonchev–Trinajstić information content (AvgIpc) is 3.09. The minimum absolute atomic E-state index is 0.152. The molecule has 1 heterocycles. The Labute approximate surface area is 154 Å². The van der Waals surface area contributed by atoms with Crippen LogP contribution in [-0.2, 0) is 24.3 Å². The Kier molecular flexibility index (Phi) is 7.03. The molecule has 9 heteroatoms. The highest BCUT2D eigenvalue weighted by molar-refractivity contribution is 8.00. The van der Waals surface area contributed by atoms with Crippen molar-refractivity contribution in [3.8, 4) is 0 Å². The van der Waals surface area contributed by atoms with Crippen molar-refractivity contribution in [1.82, 2.24) is 0 Å². The van der Waals surface area contributed by atoms with Gasteiger partial charge < -0.3 is 4.74 Å². The maximum atomic E-state index is 12.1. The first kappa shape index (κ1) is 19.5. The number of carbonyl (C=O) groups excluding carboxylic acids is 2. The van der Waals surface area contributed by atoms with Gasteiger partial charge in [-0.05, 0) is 42.6 Å². The van der Waals surface area contributed by atoms with E-state index in [0.717, 1.165) is 16.2 Å². The number of thiophene rings is 1. The summed E-state index contributed by atoms with van der Waals surface area (Å²) in [6.45, 7) is 1.94. The third kappa shape index (κ3) is 6.18. The number of anilines is 1. The molecule has 0 radical (unpaired) electrons. The highest BCUT2D eigenvalue weighted by Gasteiger charge is 2.15. The molecule has 134 valence electrons. The zero-order chi connectivity index (χ0) is 18.3. The van der Waals surface area contributed by atoms with Crippen LogP contribution >= 0.6 is 23.1 Å². The second kappa shape index (κ2) is 9.02. The quantitative estimate of drug-likeness (QED) is 0.396. The monoisotopic (exact) mass is 399 g/mol. The molecule has 0 aliphatic carbocycles. The number of carbonyl (C=O) groups is 2. The first-order chi connectivity index (χ1) is 11.9. The third-order valence-electron chi connectivity index (χ3n) is 2.91. The molecule has 6 nitrogen and oxygen atoms in total. The maximum Gasteiger partial charge on any atom is 0.313 e. The van der Waals surface area contributed by atoms with E-state index in [2.05, 4.69) is 4.72 Å². The molecule has 0 fully saturated rings. The molecule has 1 aromatic heterocycles. The Balaban J connectivity index is 1.88. The summed E-state index contributed by atoms with van der Waals surface area (Å²) in [5, 5.41) is 1.70. The van der Waals surface area contributed by atoms with Crippen LogP contribution in [0.4, 0.5) is 5.69 Å². The Hall–Kier alpha value is -1.84. The van der Waals surface area contributed by atoms with Gasteiger partial charge in [0.25, 0.3) is 10.0 Å². The number of rotatable bonds is 9. The van der Waals surface area contributed by atoms with Crippen LogP contribution in [0, 0.1) is 0 Å². The number of hydrogen-bond acceptors (Lipinski definition) is 7. The number of benzene rings is 1. The molecule has 25 heavy (non-hydrogen) atoms. The summed E-state index contributed by atoms with van der Waals surface area (Å²) in [6.07, 6.45) is -0.237. The number of ether oxygens (including phenoxy) is 1. The van der Waals surface area contributed by atoms with E-state index in [-0.39, 0.29) is 28.8 Å². The molecule has 0 aliphatic rings. The molecule has 0 bridgehead atoms. The van der Waals surface area contributed by atoms with Gasteiger partial charge in [-0.25, -0.2) is 8.42 Å². The predicted octanol–water partition coefficient (Wildman–Crippen LogP) is 3.16. The van der Waals surface area contributed by atoms with Gasteiger partial charge in [0.05, 0.1) is 12.4 Å². The molecule has 0 amide bonds. The van der Waals surface area contributed by atoms with Gasteiger partial charge in [-0.3, -0.25) is 14.3 Å². The van der Waals surface area contributed by atoms with Crippen LogP contribution in [0.2, 0.25) is 0 Å². The van der Waals surface area contributed by atoms with Gasteiger partial charge in [0.15, 0.2) is 5.78 Å². The molecule has 0 saturated carbocycles. The van der Waals surface area contributed by atoms with Crippen molar-refractivity contribution in [3.05, 3.63) is 41.8 Å². The van der Waals surface area contributed by atoms with Gasteiger partial charge in [0.2, 0.25) is 0 Å². The Bertz CT molecular complexity index is 814. The predicted molar refractivity (Wildman–Crippen MR) is 98.6 cm³/mol. The van der Waals surface area contributed by atoms with Crippen molar-refractivity contribution < 1.29 is 22.7 Å².